The molecule has 0 radical (unpaired) electrons. The molecule has 0 spiro atoms. The molecule has 0 saturated carbocycles. The van der Waals surface area contributed by atoms with Crippen LogP contribution >= 0.6 is 0 Å². The zero-order valence-corrected chi connectivity index (χ0v) is 16.6. The summed E-state index contributed by atoms with van der Waals surface area (Å²) in [6.45, 7) is 12.8. The molecule has 1 N–H and O–H groups in total. The lowest BCUT2D eigenvalue weighted by Gasteiger charge is -2.27. The van der Waals surface area contributed by atoms with Crippen molar-refractivity contribution in [3.63, 3.8) is 0 Å². The van der Waals surface area contributed by atoms with Gasteiger partial charge in [0, 0.05) is 27.7 Å². The molecule has 0 aromatic rings. The van der Waals surface area contributed by atoms with Gasteiger partial charge in [-0.05, 0) is 32.4 Å². The van der Waals surface area contributed by atoms with E-state index >= 15 is 0 Å². The Bertz CT molecular complexity index is 452. The molecule has 1 saturated heterocycles. The van der Waals surface area contributed by atoms with E-state index in [4.69, 9.17) is 14.2 Å². The highest BCUT2D eigenvalue weighted by molar-refractivity contribution is 6.76. The van der Waals surface area contributed by atoms with Gasteiger partial charge in [0.2, 0.25) is 0 Å². The van der Waals surface area contributed by atoms with E-state index in [0.717, 1.165) is 11.6 Å². The Labute approximate surface area is 141 Å². The Balaban J connectivity index is 3.00. The molecule has 1 rings (SSSR count). The molecule has 1 heterocycles. The van der Waals surface area contributed by atoms with Gasteiger partial charge < -0.3 is 19.3 Å². The number of carbonyl (C=O) groups is 1. The van der Waals surface area contributed by atoms with Crippen LogP contribution in [0.25, 0.3) is 0 Å². The smallest absolute Gasteiger partial charge is 0.330 e. The van der Waals surface area contributed by atoms with Crippen molar-refractivity contribution in [2.24, 2.45) is 0 Å². The Morgan fingerprint density at radius 2 is 1.91 bits per heavy atom. The van der Waals surface area contributed by atoms with Crippen LogP contribution in [0.2, 0.25) is 25.7 Å². The third kappa shape index (κ3) is 5.41. The lowest BCUT2D eigenvalue weighted by atomic mass is 9.88. The van der Waals surface area contributed by atoms with E-state index in [1.54, 1.807) is 20.1 Å². The van der Waals surface area contributed by atoms with E-state index in [1.165, 1.54) is 0 Å². The summed E-state index contributed by atoms with van der Waals surface area (Å²) in [5.74, 6) is -0.336. The molecule has 0 aliphatic carbocycles. The minimum Gasteiger partial charge on any atom is -0.463 e. The van der Waals surface area contributed by atoms with Gasteiger partial charge in [0.1, 0.15) is 5.60 Å². The third-order valence-corrected chi connectivity index (χ3v) is 5.77. The molecular formula is C17H32O5Si. The van der Waals surface area contributed by atoms with Crippen LogP contribution in [0, 0.1) is 0 Å². The van der Waals surface area contributed by atoms with Gasteiger partial charge in [0.05, 0.1) is 24.9 Å². The van der Waals surface area contributed by atoms with Crippen LogP contribution in [-0.4, -0.2) is 56.8 Å². The summed E-state index contributed by atoms with van der Waals surface area (Å²) in [6.07, 6.45) is 1.83. The molecule has 134 valence electrons. The number of ether oxygens (including phenoxy) is 3. The second-order valence-electron chi connectivity index (χ2n) is 7.90. The second kappa shape index (κ2) is 7.47. The monoisotopic (exact) mass is 344 g/mol. The largest absolute Gasteiger partial charge is 0.463 e. The lowest BCUT2D eigenvalue weighted by molar-refractivity contribution is -0.137. The number of hydrogen-bond donors (Lipinski definition) is 1. The fourth-order valence-corrected chi connectivity index (χ4v) is 4.46. The van der Waals surface area contributed by atoms with Crippen molar-refractivity contribution in [1.82, 2.24) is 0 Å². The van der Waals surface area contributed by atoms with Gasteiger partial charge >= 0.3 is 5.97 Å². The molecule has 0 aromatic carbocycles. The van der Waals surface area contributed by atoms with E-state index in [-0.39, 0.29) is 24.3 Å². The second-order valence-corrected chi connectivity index (χ2v) is 13.4. The van der Waals surface area contributed by atoms with Gasteiger partial charge in [-0.1, -0.05) is 19.6 Å². The van der Waals surface area contributed by atoms with Gasteiger partial charge in [-0.15, -0.1) is 0 Å². The van der Waals surface area contributed by atoms with Crippen LogP contribution in [0.4, 0.5) is 0 Å². The number of rotatable bonds is 9. The molecule has 0 unspecified atom stereocenters. The maximum absolute atomic E-state index is 11.9. The fourth-order valence-electron chi connectivity index (χ4n) is 2.91. The minimum atomic E-state index is -1.45. The summed E-state index contributed by atoms with van der Waals surface area (Å²) in [7, 11) is 0.184. The highest BCUT2D eigenvalue weighted by atomic mass is 28.3. The van der Waals surface area contributed by atoms with E-state index in [1.807, 2.05) is 13.8 Å². The fraction of sp³-hybridized carbons (Fsp3) is 0.824. The molecule has 0 amide bonds. The predicted octanol–water partition coefficient (Wildman–Crippen LogP) is 2.76. The normalized spacial score (nSPS) is 25.1. The zero-order chi connectivity index (χ0) is 17.9. The molecule has 1 aliphatic rings. The van der Waals surface area contributed by atoms with Gasteiger partial charge in [0.15, 0.2) is 0 Å². The maximum Gasteiger partial charge on any atom is 0.330 e. The van der Waals surface area contributed by atoms with Crippen LogP contribution in [0.3, 0.4) is 0 Å². The SMILES string of the molecule is CCOC(=O)/C=C(\C[Si](C)(C)C)[C@H](C[C@]1(CO)OC1(C)C)OC. The summed E-state index contributed by atoms with van der Waals surface area (Å²) >= 11 is 0. The third-order valence-electron chi connectivity index (χ3n) is 4.30. The lowest BCUT2D eigenvalue weighted by Crippen LogP contribution is -2.34. The van der Waals surface area contributed by atoms with Crippen molar-refractivity contribution in [3.8, 4) is 0 Å². The average molecular weight is 345 g/mol. The number of carbonyl (C=O) groups excluding carboxylic acids is 1. The molecular weight excluding hydrogens is 312 g/mol. The number of esters is 1. The molecule has 6 heteroatoms. The van der Waals surface area contributed by atoms with Gasteiger partial charge in [-0.2, -0.15) is 0 Å². The number of hydrogen-bond acceptors (Lipinski definition) is 5. The van der Waals surface area contributed by atoms with Gasteiger partial charge in [0.25, 0.3) is 0 Å². The van der Waals surface area contributed by atoms with Crippen LogP contribution in [0.15, 0.2) is 11.6 Å². The maximum atomic E-state index is 11.9. The molecule has 0 bridgehead atoms. The Morgan fingerprint density at radius 3 is 2.26 bits per heavy atom. The standard InChI is InChI=1S/C17H32O5Si/c1-8-21-15(19)9-13(11-23(5,6)7)14(20-4)10-17(12-18)16(2,3)22-17/h9,14,18H,8,10-12H2,1-7H3/b13-9+/t14-,17+/m0/s1. The number of epoxide rings is 1. The van der Waals surface area contributed by atoms with E-state index in [2.05, 4.69) is 19.6 Å². The Hall–Kier alpha value is -0.693. The highest BCUT2D eigenvalue weighted by Gasteiger charge is 2.64. The number of methoxy groups -OCH3 is 1. The Kier molecular flexibility index (Phi) is 6.61. The van der Waals surface area contributed by atoms with Crippen molar-refractivity contribution in [2.45, 2.75) is 70.2 Å². The number of aliphatic hydroxyl groups excluding tert-OH is 1. The molecule has 1 fully saturated rings. The molecule has 2 atom stereocenters. The van der Waals surface area contributed by atoms with Crippen LogP contribution < -0.4 is 0 Å². The summed E-state index contributed by atoms with van der Waals surface area (Å²) in [6, 6.07) is 0.840. The Morgan fingerprint density at radius 1 is 1.35 bits per heavy atom. The first-order valence-electron chi connectivity index (χ1n) is 8.21. The quantitative estimate of drug-likeness (QED) is 0.301. The predicted molar refractivity (Wildman–Crippen MR) is 93.3 cm³/mol. The first kappa shape index (κ1) is 20.4. The molecule has 0 aromatic heterocycles. The zero-order valence-electron chi connectivity index (χ0n) is 15.6. The van der Waals surface area contributed by atoms with Gasteiger partial charge in [-0.25, -0.2) is 4.79 Å². The van der Waals surface area contributed by atoms with Gasteiger partial charge in [-0.3, -0.25) is 0 Å². The minimum absolute atomic E-state index is 0.0561. The number of aliphatic hydroxyl groups is 1. The molecule has 1 aliphatic heterocycles. The van der Waals surface area contributed by atoms with Crippen molar-refractivity contribution in [2.75, 3.05) is 20.3 Å². The first-order valence-corrected chi connectivity index (χ1v) is 11.9. The summed E-state index contributed by atoms with van der Waals surface area (Å²) in [5, 5.41) is 9.73. The topological polar surface area (TPSA) is 68.3 Å². The molecule has 5 nitrogen and oxygen atoms in total. The van der Waals surface area contributed by atoms with Crippen molar-refractivity contribution >= 4 is 14.0 Å². The highest BCUT2D eigenvalue weighted by Crippen LogP contribution is 2.51. The van der Waals surface area contributed by atoms with Crippen molar-refractivity contribution in [3.05, 3.63) is 11.6 Å². The molecule has 23 heavy (non-hydrogen) atoms. The van der Waals surface area contributed by atoms with Crippen LogP contribution in [-0.2, 0) is 19.0 Å². The summed E-state index contributed by atoms with van der Waals surface area (Å²) in [5.41, 5.74) is -0.0302. The van der Waals surface area contributed by atoms with E-state index in [9.17, 15) is 9.90 Å². The summed E-state index contributed by atoms with van der Waals surface area (Å²) in [4.78, 5) is 11.9. The van der Waals surface area contributed by atoms with Crippen molar-refractivity contribution < 1.29 is 24.1 Å². The van der Waals surface area contributed by atoms with E-state index < -0.39 is 13.7 Å². The van der Waals surface area contributed by atoms with Crippen LogP contribution in [0.1, 0.15) is 27.2 Å². The summed E-state index contributed by atoms with van der Waals surface area (Å²) < 4.78 is 16.5. The van der Waals surface area contributed by atoms with E-state index in [0.29, 0.717) is 13.0 Å². The average Bonchev–Trinajstić information content (AvgIpc) is 2.96. The van der Waals surface area contributed by atoms with Crippen LogP contribution in [0.5, 0.6) is 0 Å². The van der Waals surface area contributed by atoms with Crippen molar-refractivity contribution in [1.29, 1.82) is 0 Å². The first-order chi connectivity index (χ1) is 10.5.